The molecule has 0 aliphatic heterocycles. The molecule has 7 nitrogen and oxygen atoms in total. The van der Waals surface area contributed by atoms with Gasteiger partial charge in [-0.2, -0.15) is 10.2 Å². The predicted molar refractivity (Wildman–Crippen MR) is 99.0 cm³/mol. The number of anilines is 1. The summed E-state index contributed by atoms with van der Waals surface area (Å²) in [5.74, 6) is 1.43. The van der Waals surface area contributed by atoms with Gasteiger partial charge < -0.3 is 5.32 Å². The Kier molecular flexibility index (Phi) is 4.42. The van der Waals surface area contributed by atoms with Gasteiger partial charge in [0.2, 0.25) is 0 Å². The van der Waals surface area contributed by atoms with Gasteiger partial charge in [-0.15, -0.1) is 10.2 Å². The van der Waals surface area contributed by atoms with Crippen molar-refractivity contribution in [2.24, 2.45) is 0 Å². The molecule has 3 aromatic heterocycles. The van der Waals surface area contributed by atoms with Gasteiger partial charge in [0.25, 0.3) is 0 Å². The van der Waals surface area contributed by atoms with Crippen molar-refractivity contribution < 1.29 is 0 Å². The largest absolute Gasteiger partial charge is 0.364 e. The Morgan fingerprint density at radius 3 is 2.50 bits per heavy atom. The molecule has 0 radical (unpaired) electrons. The van der Waals surface area contributed by atoms with Gasteiger partial charge >= 0.3 is 0 Å². The minimum absolute atomic E-state index is 0.673. The van der Waals surface area contributed by atoms with Crippen LogP contribution in [0.2, 0.25) is 0 Å². The molecule has 7 heteroatoms. The summed E-state index contributed by atoms with van der Waals surface area (Å²) in [6.07, 6.45) is 5.63. The zero-order valence-corrected chi connectivity index (χ0v) is 14.4. The van der Waals surface area contributed by atoms with E-state index in [-0.39, 0.29) is 0 Å². The van der Waals surface area contributed by atoms with E-state index in [9.17, 15) is 0 Å². The number of hydrogen-bond donors (Lipinski definition) is 1. The van der Waals surface area contributed by atoms with Gasteiger partial charge in [-0.3, -0.25) is 4.68 Å². The van der Waals surface area contributed by atoms with Crippen molar-refractivity contribution in [3.63, 3.8) is 0 Å². The van der Waals surface area contributed by atoms with Gasteiger partial charge in [0.15, 0.2) is 5.82 Å². The lowest BCUT2D eigenvalue weighted by Gasteiger charge is -2.11. The van der Waals surface area contributed by atoms with Gasteiger partial charge in [0.05, 0.1) is 12.2 Å². The molecule has 0 aliphatic rings. The van der Waals surface area contributed by atoms with Crippen molar-refractivity contribution in [2.75, 3.05) is 5.32 Å². The molecule has 0 bridgehead atoms. The molecule has 1 aromatic carbocycles. The zero-order valence-electron chi connectivity index (χ0n) is 14.4. The lowest BCUT2D eigenvalue weighted by Crippen LogP contribution is -2.08. The average Bonchev–Trinajstić information content (AvgIpc) is 3.33. The Bertz CT molecular complexity index is 971. The van der Waals surface area contributed by atoms with Crippen LogP contribution >= 0.6 is 0 Å². The Balaban J connectivity index is 1.44. The molecule has 0 saturated carbocycles. The molecule has 4 rings (SSSR count). The minimum Gasteiger partial charge on any atom is -0.364 e. The first-order valence-electron chi connectivity index (χ1n) is 8.42. The third kappa shape index (κ3) is 3.61. The molecule has 130 valence electrons. The topological polar surface area (TPSA) is 73.5 Å². The average molecular weight is 345 g/mol. The van der Waals surface area contributed by atoms with Crippen LogP contribution in [-0.4, -0.2) is 29.8 Å². The summed E-state index contributed by atoms with van der Waals surface area (Å²) in [6.45, 7) is 3.36. The Morgan fingerprint density at radius 1 is 0.923 bits per heavy atom. The standard InChI is InChI=1S/C19H19N7/c1-15-9-12-26(24-15)19-8-7-18(22-23-19)20-13-16-5-2-3-6-17(16)14-25-11-4-10-21-25/h2-12H,13-14H2,1H3,(H,20,22). The molecule has 0 aliphatic carbocycles. The van der Waals surface area contributed by atoms with E-state index < -0.39 is 0 Å². The van der Waals surface area contributed by atoms with Gasteiger partial charge in [-0.05, 0) is 42.3 Å². The number of aromatic nitrogens is 6. The molecular weight excluding hydrogens is 326 g/mol. The highest BCUT2D eigenvalue weighted by molar-refractivity contribution is 5.38. The van der Waals surface area contributed by atoms with Crippen LogP contribution in [0.5, 0.6) is 0 Å². The summed E-state index contributed by atoms with van der Waals surface area (Å²) in [5.41, 5.74) is 3.37. The molecule has 4 aromatic rings. The molecule has 0 atom stereocenters. The van der Waals surface area contributed by atoms with Crippen LogP contribution in [0.25, 0.3) is 5.82 Å². The van der Waals surface area contributed by atoms with E-state index in [1.54, 1.807) is 10.9 Å². The minimum atomic E-state index is 0.673. The molecule has 0 unspecified atom stereocenters. The van der Waals surface area contributed by atoms with E-state index in [0.29, 0.717) is 12.4 Å². The normalized spacial score (nSPS) is 10.8. The number of benzene rings is 1. The van der Waals surface area contributed by atoms with Crippen LogP contribution in [0, 0.1) is 6.92 Å². The fraction of sp³-hybridized carbons (Fsp3) is 0.158. The number of nitrogens with zero attached hydrogens (tertiary/aromatic N) is 6. The Labute approximate surface area is 151 Å². The van der Waals surface area contributed by atoms with Crippen molar-refractivity contribution >= 4 is 5.82 Å². The van der Waals surface area contributed by atoms with Crippen molar-refractivity contribution in [3.8, 4) is 5.82 Å². The summed E-state index contributed by atoms with van der Waals surface area (Å²) in [6, 6.07) is 16.0. The second-order valence-corrected chi connectivity index (χ2v) is 6.00. The second-order valence-electron chi connectivity index (χ2n) is 6.00. The fourth-order valence-electron chi connectivity index (χ4n) is 2.72. The SMILES string of the molecule is Cc1ccn(-c2ccc(NCc3ccccc3Cn3cccn3)nn2)n1. The first-order chi connectivity index (χ1) is 12.8. The molecule has 0 fully saturated rings. The summed E-state index contributed by atoms with van der Waals surface area (Å²) < 4.78 is 3.63. The van der Waals surface area contributed by atoms with E-state index in [1.807, 2.05) is 60.4 Å². The summed E-state index contributed by atoms with van der Waals surface area (Å²) >= 11 is 0. The molecule has 0 saturated heterocycles. The molecular formula is C19H19N7. The smallest absolute Gasteiger partial charge is 0.175 e. The maximum absolute atomic E-state index is 4.34. The predicted octanol–water partition coefficient (Wildman–Crippen LogP) is 2.83. The van der Waals surface area contributed by atoms with Crippen molar-refractivity contribution in [1.82, 2.24) is 29.8 Å². The van der Waals surface area contributed by atoms with Crippen LogP contribution in [0.15, 0.2) is 67.1 Å². The summed E-state index contributed by atoms with van der Waals surface area (Å²) in [4.78, 5) is 0. The van der Waals surface area contributed by atoms with Crippen LogP contribution in [0.4, 0.5) is 5.82 Å². The van der Waals surface area contributed by atoms with E-state index >= 15 is 0 Å². The van der Waals surface area contributed by atoms with E-state index in [0.717, 1.165) is 18.1 Å². The monoisotopic (exact) mass is 345 g/mol. The molecule has 1 N–H and O–H groups in total. The van der Waals surface area contributed by atoms with Crippen LogP contribution in [0.3, 0.4) is 0 Å². The van der Waals surface area contributed by atoms with Gasteiger partial charge in [0.1, 0.15) is 5.82 Å². The summed E-state index contributed by atoms with van der Waals surface area (Å²) in [5, 5.41) is 20.4. The lowest BCUT2D eigenvalue weighted by molar-refractivity contribution is 0.682. The van der Waals surface area contributed by atoms with Crippen molar-refractivity contribution in [1.29, 1.82) is 0 Å². The molecule has 3 heterocycles. The first-order valence-corrected chi connectivity index (χ1v) is 8.42. The maximum Gasteiger partial charge on any atom is 0.175 e. The number of rotatable bonds is 6. The maximum atomic E-state index is 4.34. The van der Waals surface area contributed by atoms with E-state index in [4.69, 9.17) is 0 Å². The van der Waals surface area contributed by atoms with Gasteiger partial charge in [-0.25, -0.2) is 4.68 Å². The number of nitrogens with one attached hydrogen (secondary N) is 1. The zero-order chi connectivity index (χ0) is 17.8. The molecule has 0 spiro atoms. The lowest BCUT2D eigenvalue weighted by atomic mass is 10.1. The highest BCUT2D eigenvalue weighted by atomic mass is 15.3. The van der Waals surface area contributed by atoms with E-state index in [2.05, 4.69) is 37.8 Å². The molecule has 26 heavy (non-hydrogen) atoms. The molecule has 0 amide bonds. The van der Waals surface area contributed by atoms with E-state index in [1.165, 1.54) is 11.1 Å². The van der Waals surface area contributed by atoms with Crippen LogP contribution < -0.4 is 5.32 Å². The van der Waals surface area contributed by atoms with Crippen molar-refractivity contribution in [2.45, 2.75) is 20.0 Å². The highest BCUT2D eigenvalue weighted by Crippen LogP contribution is 2.13. The summed E-state index contributed by atoms with van der Waals surface area (Å²) in [7, 11) is 0. The van der Waals surface area contributed by atoms with Gasteiger partial charge in [0, 0.05) is 25.1 Å². The quantitative estimate of drug-likeness (QED) is 0.582. The fourth-order valence-corrected chi connectivity index (χ4v) is 2.72. The number of aryl methyl sites for hydroxylation is 1. The van der Waals surface area contributed by atoms with Crippen molar-refractivity contribution in [3.05, 3.63) is 83.9 Å². The first kappa shape index (κ1) is 16.0. The Morgan fingerprint density at radius 2 is 1.81 bits per heavy atom. The third-order valence-corrected chi connectivity index (χ3v) is 4.08. The Hall–Kier alpha value is -3.48. The van der Waals surface area contributed by atoms with Gasteiger partial charge in [-0.1, -0.05) is 24.3 Å². The number of hydrogen-bond acceptors (Lipinski definition) is 5. The highest BCUT2D eigenvalue weighted by Gasteiger charge is 2.05. The van der Waals surface area contributed by atoms with Crippen LogP contribution in [0.1, 0.15) is 16.8 Å². The third-order valence-electron chi connectivity index (χ3n) is 4.08. The second kappa shape index (κ2) is 7.18. The van der Waals surface area contributed by atoms with Crippen LogP contribution in [-0.2, 0) is 13.1 Å².